The van der Waals surface area contributed by atoms with E-state index in [-0.39, 0.29) is 18.1 Å². The summed E-state index contributed by atoms with van der Waals surface area (Å²) >= 11 is 0. The van der Waals surface area contributed by atoms with Gasteiger partial charge in [0.05, 0.1) is 6.10 Å². The predicted octanol–water partition coefficient (Wildman–Crippen LogP) is 2.67. The molecule has 132 valence electrons. The Balaban J connectivity index is 1.62. The van der Waals surface area contributed by atoms with Crippen molar-refractivity contribution in [3.63, 3.8) is 0 Å². The fraction of sp³-hybridized carbons (Fsp3) is 0.381. The third-order valence-corrected chi connectivity index (χ3v) is 4.87. The molecule has 1 saturated heterocycles. The third kappa shape index (κ3) is 4.47. The molecule has 0 bridgehead atoms. The fourth-order valence-electron chi connectivity index (χ4n) is 3.47. The van der Waals surface area contributed by atoms with Gasteiger partial charge in [-0.1, -0.05) is 48.0 Å². The molecule has 1 heterocycles. The molecule has 4 nitrogen and oxygen atoms in total. The lowest BCUT2D eigenvalue weighted by Crippen LogP contribution is -2.40. The van der Waals surface area contributed by atoms with Crippen molar-refractivity contribution in [3.8, 4) is 0 Å². The van der Waals surface area contributed by atoms with Gasteiger partial charge in [0.15, 0.2) is 0 Å². The topological polar surface area (TPSA) is 52.6 Å². The molecule has 3 rings (SSSR count). The third-order valence-electron chi connectivity index (χ3n) is 4.87. The number of aliphatic hydroxyl groups excluding tert-OH is 1. The maximum absolute atomic E-state index is 12.5. The molecule has 1 fully saturated rings. The highest BCUT2D eigenvalue weighted by molar-refractivity contribution is 5.95. The van der Waals surface area contributed by atoms with Crippen LogP contribution in [0.5, 0.6) is 0 Å². The second-order valence-corrected chi connectivity index (χ2v) is 6.99. The molecule has 2 aromatic carbocycles. The first kappa shape index (κ1) is 17.6. The molecular weight excluding hydrogens is 312 g/mol. The number of hydrogen-bond acceptors (Lipinski definition) is 3. The number of rotatable bonds is 5. The first-order valence-corrected chi connectivity index (χ1v) is 8.84. The number of amides is 1. The Kier molecular flexibility index (Phi) is 5.51. The summed E-state index contributed by atoms with van der Waals surface area (Å²) in [6.07, 6.45) is 0.367. The predicted molar refractivity (Wildman–Crippen MR) is 99.5 cm³/mol. The number of nitrogens with one attached hydrogen (secondary N) is 1. The Morgan fingerprint density at radius 2 is 1.96 bits per heavy atom. The van der Waals surface area contributed by atoms with Gasteiger partial charge in [-0.05, 0) is 37.5 Å². The van der Waals surface area contributed by atoms with Crippen LogP contribution in [0.25, 0.3) is 0 Å². The maximum atomic E-state index is 12.5. The highest BCUT2D eigenvalue weighted by Gasteiger charge is 2.31. The number of carbonyl (C=O) groups excluding carboxylic acids is 1. The van der Waals surface area contributed by atoms with Gasteiger partial charge in [-0.15, -0.1) is 0 Å². The molecule has 0 saturated carbocycles. The monoisotopic (exact) mass is 338 g/mol. The van der Waals surface area contributed by atoms with Crippen LogP contribution in [0.1, 0.15) is 33.5 Å². The van der Waals surface area contributed by atoms with E-state index in [1.54, 1.807) is 0 Å². The highest BCUT2D eigenvalue weighted by Crippen LogP contribution is 2.20. The van der Waals surface area contributed by atoms with Crippen LogP contribution in [0.4, 0.5) is 0 Å². The Morgan fingerprint density at radius 1 is 1.20 bits per heavy atom. The number of hydrogen-bond donors (Lipinski definition) is 2. The Hall–Kier alpha value is -2.17. The summed E-state index contributed by atoms with van der Waals surface area (Å²) in [5.41, 5.74) is 4.02. The summed E-state index contributed by atoms with van der Waals surface area (Å²) in [6.45, 7) is 5.94. The van der Waals surface area contributed by atoms with E-state index in [1.807, 2.05) is 50.2 Å². The lowest BCUT2D eigenvalue weighted by molar-refractivity contribution is 0.0939. The number of carbonyl (C=O) groups is 1. The van der Waals surface area contributed by atoms with Crippen LogP contribution >= 0.6 is 0 Å². The van der Waals surface area contributed by atoms with E-state index in [9.17, 15) is 9.90 Å². The standard InChI is InChI=1S/C21H26N2O2/c1-15-8-9-16(2)20(10-15)21(25)22-12-18-11-19(24)14-23(18)13-17-6-4-3-5-7-17/h3-10,18-19,24H,11-14H2,1-2H3,(H,22,25). The van der Waals surface area contributed by atoms with Gasteiger partial charge >= 0.3 is 0 Å². The van der Waals surface area contributed by atoms with E-state index in [0.29, 0.717) is 19.5 Å². The minimum Gasteiger partial charge on any atom is -0.392 e. The summed E-state index contributed by atoms with van der Waals surface area (Å²) in [6, 6.07) is 16.3. The highest BCUT2D eigenvalue weighted by atomic mass is 16.3. The van der Waals surface area contributed by atoms with Crippen molar-refractivity contribution in [2.45, 2.75) is 39.0 Å². The van der Waals surface area contributed by atoms with Crippen molar-refractivity contribution in [1.82, 2.24) is 10.2 Å². The van der Waals surface area contributed by atoms with Crippen LogP contribution < -0.4 is 5.32 Å². The largest absolute Gasteiger partial charge is 0.392 e. The van der Waals surface area contributed by atoms with Crippen molar-refractivity contribution in [2.75, 3.05) is 13.1 Å². The molecule has 4 heteroatoms. The smallest absolute Gasteiger partial charge is 0.251 e. The van der Waals surface area contributed by atoms with Gasteiger partial charge in [0.25, 0.3) is 5.91 Å². The van der Waals surface area contributed by atoms with E-state index in [4.69, 9.17) is 0 Å². The Bertz CT molecular complexity index is 730. The SMILES string of the molecule is Cc1ccc(C)c(C(=O)NCC2CC(O)CN2Cc2ccccc2)c1. The molecule has 0 spiro atoms. The van der Waals surface area contributed by atoms with E-state index < -0.39 is 0 Å². The molecule has 2 N–H and O–H groups in total. The molecule has 0 aliphatic carbocycles. The molecule has 25 heavy (non-hydrogen) atoms. The molecule has 1 aliphatic rings. The number of nitrogens with zero attached hydrogens (tertiary/aromatic N) is 1. The molecule has 2 unspecified atom stereocenters. The van der Waals surface area contributed by atoms with Gasteiger partial charge in [0.2, 0.25) is 0 Å². The molecular formula is C21H26N2O2. The van der Waals surface area contributed by atoms with Crippen LogP contribution in [0, 0.1) is 13.8 Å². The quantitative estimate of drug-likeness (QED) is 0.881. The minimum atomic E-state index is -0.327. The lowest BCUT2D eigenvalue weighted by Gasteiger charge is -2.24. The lowest BCUT2D eigenvalue weighted by atomic mass is 10.0. The Labute approximate surface area is 149 Å². The van der Waals surface area contributed by atoms with Gasteiger partial charge < -0.3 is 10.4 Å². The van der Waals surface area contributed by atoms with Gasteiger partial charge in [-0.25, -0.2) is 0 Å². The zero-order valence-corrected chi connectivity index (χ0v) is 14.9. The van der Waals surface area contributed by atoms with Gasteiger partial charge in [0, 0.05) is 31.2 Å². The minimum absolute atomic E-state index is 0.0396. The second-order valence-electron chi connectivity index (χ2n) is 6.99. The van der Waals surface area contributed by atoms with Crippen molar-refractivity contribution in [1.29, 1.82) is 0 Å². The molecule has 0 aromatic heterocycles. The van der Waals surface area contributed by atoms with Crippen LogP contribution in [-0.4, -0.2) is 41.1 Å². The normalized spacial score (nSPS) is 20.6. The van der Waals surface area contributed by atoms with E-state index in [2.05, 4.69) is 22.3 Å². The van der Waals surface area contributed by atoms with E-state index in [0.717, 1.165) is 23.2 Å². The van der Waals surface area contributed by atoms with E-state index in [1.165, 1.54) is 5.56 Å². The number of likely N-dealkylation sites (tertiary alicyclic amines) is 1. The molecule has 2 aromatic rings. The zero-order chi connectivity index (χ0) is 17.8. The summed E-state index contributed by atoms with van der Waals surface area (Å²) < 4.78 is 0. The summed E-state index contributed by atoms with van der Waals surface area (Å²) in [4.78, 5) is 14.8. The van der Waals surface area contributed by atoms with E-state index >= 15 is 0 Å². The number of benzene rings is 2. The van der Waals surface area contributed by atoms with Crippen molar-refractivity contribution >= 4 is 5.91 Å². The maximum Gasteiger partial charge on any atom is 0.251 e. The number of aryl methyl sites for hydroxylation is 2. The summed E-state index contributed by atoms with van der Waals surface area (Å²) in [7, 11) is 0. The first-order chi connectivity index (χ1) is 12.0. The van der Waals surface area contributed by atoms with Gasteiger partial charge in [-0.2, -0.15) is 0 Å². The number of aliphatic hydroxyl groups is 1. The summed E-state index contributed by atoms with van der Waals surface area (Å²) in [5, 5.41) is 13.1. The fourth-order valence-corrected chi connectivity index (χ4v) is 3.47. The van der Waals surface area contributed by atoms with Crippen molar-refractivity contribution < 1.29 is 9.90 Å². The van der Waals surface area contributed by atoms with Crippen LogP contribution in [-0.2, 0) is 6.54 Å². The van der Waals surface area contributed by atoms with Gasteiger partial charge in [0.1, 0.15) is 0 Å². The molecule has 0 radical (unpaired) electrons. The van der Waals surface area contributed by atoms with Crippen molar-refractivity contribution in [3.05, 3.63) is 70.8 Å². The average Bonchev–Trinajstić information content (AvgIpc) is 2.95. The van der Waals surface area contributed by atoms with Gasteiger partial charge in [-0.3, -0.25) is 9.69 Å². The van der Waals surface area contributed by atoms with Crippen LogP contribution in [0.3, 0.4) is 0 Å². The van der Waals surface area contributed by atoms with Crippen molar-refractivity contribution in [2.24, 2.45) is 0 Å². The molecule has 1 aliphatic heterocycles. The average molecular weight is 338 g/mol. The Morgan fingerprint density at radius 3 is 2.72 bits per heavy atom. The summed E-state index contributed by atoms with van der Waals surface area (Å²) in [5.74, 6) is -0.0396. The zero-order valence-electron chi connectivity index (χ0n) is 14.9. The second kappa shape index (κ2) is 7.81. The van der Waals surface area contributed by atoms with Crippen LogP contribution in [0.2, 0.25) is 0 Å². The van der Waals surface area contributed by atoms with Crippen LogP contribution in [0.15, 0.2) is 48.5 Å². The molecule has 1 amide bonds. The number of β-amino-alcohol motifs (C(OH)–C–C–N with tert-alkyl or cyclic N) is 1. The molecule has 2 atom stereocenters. The first-order valence-electron chi connectivity index (χ1n) is 8.84.